The predicted octanol–water partition coefficient (Wildman–Crippen LogP) is 2.68. The Morgan fingerprint density at radius 1 is 1.13 bits per heavy atom. The van der Waals surface area contributed by atoms with Crippen LogP contribution in [0, 0.1) is 16.0 Å². The average Bonchev–Trinajstić information content (AvgIpc) is 2.81. The maximum Gasteiger partial charge on any atom is 0.309 e. The van der Waals surface area contributed by atoms with Gasteiger partial charge in [0.1, 0.15) is 11.4 Å². The third kappa shape index (κ3) is 5.94. The third-order valence-electron chi connectivity index (χ3n) is 5.24. The lowest BCUT2D eigenvalue weighted by atomic mass is 9.96. The lowest BCUT2D eigenvalue weighted by Crippen LogP contribution is -2.38. The van der Waals surface area contributed by atoms with Gasteiger partial charge in [0, 0.05) is 25.7 Å². The van der Waals surface area contributed by atoms with Crippen LogP contribution in [0.2, 0.25) is 0 Å². The highest BCUT2D eigenvalue weighted by atomic mass is 16.6. The van der Waals surface area contributed by atoms with E-state index in [9.17, 15) is 19.7 Å². The van der Waals surface area contributed by atoms with Gasteiger partial charge in [-0.3, -0.25) is 19.7 Å². The topological polar surface area (TPSA) is 111 Å². The number of hydrogen-bond donors (Lipinski definition) is 1. The number of benzene rings is 2. The number of nitro benzene ring substituents is 1. The van der Waals surface area contributed by atoms with Crippen molar-refractivity contribution in [2.24, 2.45) is 5.92 Å². The van der Waals surface area contributed by atoms with Crippen molar-refractivity contribution in [2.75, 3.05) is 31.7 Å². The Balaban J connectivity index is 1.41. The van der Waals surface area contributed by atoms with Gasteiger partial charge in [-0.05, 0) is 36.6 Å². The van der Waals surface area contributed by atoms with E-state index < -0.39 is 10.9 Å². The van der Waals surface area contributed by atoms with Crippen molar-refractivity contribution in [3.05, 3.63) is 64.2 Å². The molecule has 9 heteroatoms. The molecular formula is C22H25N3O6. The van der Waals surface area contributed by atoms with E-state index in [1.807, 2.05) is 17.0 Å². The number of piperidine rings is 1. The Labute approximate surface area is 180 Å². The zero-order chi connectivity index (χ0) is 22.2. The van der Waals surface area contributed by atoms with Crippen molar-refractivity contribution in [1.29, 1.82) is 0 Å². The van der Waals surface area contributed by atoms with Gasteiger partial charge in [-0.25, -0.2) is 0 Å². The van der Waals surface area contributed by atoms with Crippen LogP contribution >= 0.6 is 0 Å². The highest BCUT2D eigenvalue weighted by Crippen LogP contribution is 2.31. The Bertz CT molecular complexity index is 923. The Morgan fingerprint density at radius 2 is 1.81 bits per heavy atom. The number of anilines is 1. The molecule has 2 aromatic rings. The molecule has 1 heterocycles. The average molecular weight is 427 g/mol. The zero-order valence-corrected chi connectivity index (χ0v) is 17.3. The summed E-state index contributed by atoms with van der Waals surface area (Å²) in [6, 6.07) is 13.9. The van der Waals surface area contributed by atoms with E-state index in [1.165, 1.54) is 6.07 Å². The lowest BCUT2D eigenvalue weighted by molar-refractivity contribution is -0.384. The highest BCUT2D eigenvalue weighted by Gasteiger charge is 2.29. The molecule has 1 aliphatic rings. The normalized spacial score (nSPS) is 14.0. The number of ether oxygens (including phenoxy) is 2. The predicted molar refractivity (Wildman–Crippen MR) is 114 cm³/mol. The number of nitrogens with one attached hydrogen (secondary N) is 1. The summed E-state index contributed by atoms with van der Waals surface area (Å²) in [6.45, 7) is 1.01. The monoisotopic (exact) mass is 427 g/mol. The summed E-state index contributed by atoms with van der Waals surface area (Å²) >= 11 is 0. The number of nitrogens with zero attached hydrogens (tertiary/aromatic N) is 2. The number of methoxy groups -OCH3 is 1. The minimum Gasteiger partial charge on any atom is -0.497 e. The lowest BCUT2D eigenvalue weighted by Gasteiger charge is -2.32. The molecule has 164 valence electrons. The summed E-state index contributed by atoms with van der Waals surface area (Å²) in [5, 5.41) is 13.9. The van der Waals surface area contributed by atoms with Crippen LogP contribution in [0.1, 0.15) is 18.4 Å². The van der Waals surface area contributed by atoms with Crippen LogP contribution in [0.15, 0.2) is 48.5 Å². The van der Waals surface area contributed by atoms with Crippen molar-refractivity contribution < 1.29 is 24.0 Å². The molecule has 31 heavy (non-hydrogen) atoms. The van der Waals surface area contributed by atoms with Gasteiger partial charge >= 0.3 is 5.97 Å². The minimum atomic E-state index is -0.415. The van der Waals surface area contributed by atoms with Gasteiger partial charge in [0.2, 0.25) is 0 Å². The molecule has 0 saturated carbocycles. The molecule has 3 rings (SSSR count). The first-order valence-electron chi connectivity index (χ1n) is 10.0. The van der Waals surface area contributed by atoms with Crippen molar-refractivity contribution in [3.63, 3.8) is 0 Å². The van der Waals surface area contributed by atoms with E-state index in [1.54, 1.807) is 37.4 Å². The fourth-order valence-corrected chi connectivity index (χ4v) is 3.49. The first kappa shape index (κ1) is 22.1. The van der Waals surface area contributed by atoms with Crippen LogP contribution < -0.4 is 15.0 Å². The van der Waals surface area contributed by atoms with Crippen LogP contribution in [0.5, 0.6) is 5.75 Å². The molecule has 1 fully saturated rings. The van der Waals surface area contributed by atoms with E-state index >= 15 is 0 Å². The Kier molecular flexibility index (Phi) is 7.42. The first-order chi connectivity index (χ1) is 15.0. The number of carbonyl (C=O) groups is 2. The van der Waals surface area contributed by atoms with Gasteiger partial charge in [0.15, 0.2) is 6.61 Å². The van der Waals surface area contributed by atoms with Crippen molar-refractivity contribution >= 4 is 23.3 Å². The maximum atomic E-state index is 12.3. The first-order valence-corrected chi connectivity index (χ1v) is 10.0. The number of nitro groups is 1. The van der Waals surface area contributed by atoms with E-state index in [0.717, 1.165) is 11.3 Å². The van der Waals surface area contributed by atoms with Crippen LogP contribution in [0.25, 0.3) is 0 Å². The minimum absolute atomic E-state index is 0.0528. The second-order valence-corrected chi connectivity index (χ2v) is 7.24. The summed E-state index contributed by atoms with van der Waals surface area (Å²) in [4.78, 5) is 37.0. The largest absolute Gasteiger partial charge is 0.497 e. The van der Waals surface area contributed by atoms with Crippen LogP contribution in [-0.2, 0) is 20.9 Å². The molecule has 1 N–H and O–H groups in total. The Hall–Kier alpha value is -3.62. The van der Waals surface area contributed by atoms with E-state index in [4.69, 9.17) is 9.47 Å². The van der Waals surface area contributed by atoms with Crippen molar-refractivity contribution in [3.8, 4) is 5.75 Å². The molecule has 0 spiro atoms. The molecule has 0 radical (unpaired) electrons. The molecule has 1 aliphatic heterocycles. The van der Waals surface area contributed by atoms with E-state index in [-0.39, 0.29) is 24.1 Å². The quantitative estimate of drug-likeness (QED) is 0.392. The zero-order valence-electron chi connectivity index (χ0n) is 17.3. The van der Waals surface area contributed by atoms with Gasteiger partial charge in [-0.15, -0.1) is 0 Å². The fraction of sp³-hybridized carbons (Fsp3) is 0.364. The summed E-state index contributed by atoms with van der Waals surface area (Å²) in [5.41, 5.74) is 1.51. The van der Waals surface area contributed by atoms with Gasteiger partial charge in [-0.1, -0.05) is 24.3 Å². The molecule has 0 atom stereocenters. The fourth-order valence-electron chi connectivity index (χ4n) is 3.49. The Morgan fingerprint density at radius 3 is 2.45 bits per heavy atom. The molecule has 9 nitrogen and oxygen atoms in total. The SMILES string of the molecule is COc1ccc(CNC(=O)COC(=O)C2CCN(c3ccccc3[N+](=O)[O-])CC2)cc1. The second kappa shape index (κ2) is 10.4. The summed E-state index contributed by atoms with van der Waals surface area (Å²) in [5.74, 6) is -0.381. The molecule has 0 unspecified atom stereocenters. The molecule has 1 amide bonds. The summed E-state index contributed by atoms with van der Waals surface area (Å²) in [7, 11) is 1.58. The number of carbonyl (C=O) groups excluding carboxylic acids is 2. The van der Waals surface area contributed by atoms with Crippen molar-refractivity contribution in [1.82, 2.24) is 5.32 Å². The van der Waals surface area contributed by atoms with Crippen LogP contribution in [0.4, 0.5) is 11.4 Å². The molecule has 0 aromatic heterocycles. The van der Waals surface area contributed by atoms with Crippen LogP contribution in [0.3, 0.4) is 0 Å². The van der Waals surface area contributed by atoms with Gasteiger partial charge in [0.25, 0.3) is 11.6 Å². The van der Waals surface area contributed by atoms with Crippen LogP contribution in [-0.4, -0.2) is 43.6 Å². The number of amides is 1. The van der Waals surface area contributed by atoms with Crippen molar-refractivity contribution in [2.45, 2.75) is 19.4 Å². The maximum absolute atomic E-state index is 12.3. The molecule has 1 saturated heterocycles. The second-order valence-electron chi connectivity index (χ2n) is 7.24. The molecule has 0 bridgehead atoms. The van der Waals surface area contributed by atoms with Gasteiger partial charge < -0.3 is 19.7 Å². The highest BCUT2D eigenvalue weighted by molar-refractivity contribution is 5.81. The molecule has 2 aromatic carbocycles. The number of hydrogen-bond acceptors (Lipinski definition) is 7. The number of esters is 1. The number of rotatable bonds is 8. The third-order valence-corrected chi connectivity index (χ3v) is 5.24. The van der Waals surface area contributed by atoms with Gasteiger partial charge in [-0.2, -0.15) is 0 Å². The smallest absolute Gasteiger partial charge is 0.309 e. The standard InChI is InChI=1S/C22H25N3O6/c1-30-18-8-6-16(7-9-18)14-23-21(26)15-31-22(27)17-10-12-24(13-11-17)19-4-2-3-5-20(19)25(28)29/h2-9,17H,10-15H2,1H3,(H,23,26). The number of para-hydroxylation sites is 2. The molecular weight excluding hydrogens is 402 g/mol. The van der Waals surface area contributed by atoms with E-state index in [2.05, 4.69) is 5.32 Å². The summed E-state index contributed by atoms with van der Waals surface area (Å²) in [6.07, 6.45) is 1.02. The van der Waals surface area contributed by atoms with Gasteiger partial charge in [0.05, 0.1) is 18.0 Å². The molecule has 0 aliphatic carbocycles. The van der Waals surface area contributed by atoms with E-state index in [0.29, 0.717) is 38.2 Å². The summed E-state index contributed by atoms with van der Waals surface area (Å²) < 4.78 is 10.3.